The Morgan fingerprint density at radius 2 is 2.00 bits per heavy atom. The van der Waals surface area contributed by atoms with Gasteiger partial charge in [-0.2, -0.15) is 0 Å². The predicted molar refractivity (Wildman–Crippen MR) is 59.7 cm³/mol. The van der Waals surface area contributed by atoms with Crippen molar-refractivity contribution in [3.8, 4) is 0 Å². The highest BCUT2D eigenvalue weighted by atomic mass is 35.5. The van der Waals surface area contributed by atoms with Crippen molar-refractivity contribution in [2.45, 2.75) is 19.8 Å². The lowest BCUT2D eigenvalue weighted by Crippen LogP contribution is -2.08. The fourth-order valence-electron chi connectivity index (χ4n) is 1.13. The molecule has 0 spiro atoms. The number of carbonyl (C=O) groups excluding carboxylic acids is 1. The van der Waals surface area contributed by atoms with E-state index in [1.54, 1.807) is 0 Å². The number of pyridine rings is 1. The molecule has 1 aromatic rings. The molecule has 15 heavy (non-hydrogen) atoms. The van der Waals surface area contributed by atoms with E-state index in [0.717, 1.165) is 0 Å². The van der Waals surface area contributed by atoms with Crippen LogP contribution in [0, 0.1) is 0 Å². The molecule has 0 aliphatic carbocycles. The van der Waals surface area contributed by atoms with Crippen LogP contribution in [0.15, 0.2) is 6.07 Å². The van der Waals surface area contributed by atoms with Crippen LogP contribution >= 0.6 is 23.2 Å². The van der Waals surface area contributed by atoms with Gasteiger partial charge in [-0.3, -0.25) is 0 Å². The lowest BCUT2D eigenvalue weighted by atomic mass is 10.1. The van der Waals surface area contributed by atoms with Gasteiger partial charge in [0.25, 0.3) is 0 Å². The molecule has 0 aliphatic rings. The van der Waals surface area contributed by atoms with Gasteiger partial charge in [-0.25, -0.2) is 9.78 Å². The average molecular weight is 248 g/mol. The Bertz CT molecular complexity index is 391. The van der Waals surface area contributed by atoms with Gasteiger partial charge < -0.3 is 4.74 Å². The fourth-order valence-corrected chi connectivity index (χ4v) is 1.78. The van der Waals surface area contributed by atoms with E-state index < -0.39 is 5.97 Å². The number of rotatable bonds is 2. The summed E-state index contributed by atoms with van der Waals surface area (Å²) in [4.78, 5) is 15.4. The third-order valence-corrected chi connectivity index (χ3v) is 2.47. The first-order valence-electron chi connectivity index (χ1n) is 4.41. The van der Waals surface area contributed by atoms with Crippen molar-refractivity contribution in [2.24, 2.45) is 0 Å². The third-order valence-electron chi connectivity index (χ3n) is 1.88. The number of halogens is 2. The van der Waals surface area contributed by atoms with Gasteiger partial charge in [0.05, 0.1) is 22.8 Å². The maximum absolute atomic E-state index is 11.3. The summed E-state index contributed by atoms with van der Waals surface area (Å²) in [6, 6.07) is 1.51. The maximum atomic E-state index is 11.3. The van der Waals surface area contributed by atoms with Gasteiger partial charge in [0, 0.05) is 0 Å². The number of esters is 1. The molecule has 0 N–H and O–H groups in total. The van der Waals surface area contributed by atoms with Crippen molar-refractivity contribution in [1.82, 2.24) is 4.98 Å². The van der Waals surface area contributed by atoms with Gasteiger partial charge in [-0.15, -0.1) is 0 Å². The first-order chi connectivity index (χ1) is 6.97. The maximum Gasteiger partial charge on any atom is 0.358 e. The Hall–Kier alpha value is -0.800. The van der Waals surface area contributed by atoms with Crippen LogP contribution in [0.25, 0.3) is 0 Å². The molecule has 0 amide bonds. The van der Waals surface area contributed by atoms with Crippen LogP contribution in [0.1, 0.15) is 35.9 Å². The van der Waals surface area contributed by atoms with E-state index in [0.29, 0.717) is 10.7 Å². The summed E-state index contributed by atoms with van der Waals surface area (Å²) in [5, 5.41) is 0.666. The molecule has 1 heterocycles. The van der Waals surface area contributed by atoms with Gasteiger partial charge in [0.2, 0.25) is 0 Å². The van der Waals surface area contributed by atoms with Crippen molar-refractivity contribution >= 4 is 29.2 Å². The standard InChI is InChI=1S/C10H11Cl2NO2/c1-5(2)8-6(11)4-7(12)9(13-8)10(14)15-3/h4-5H,1-3H3. The molecule has 5 heteroatoms. The summed E-state index contributed by atoms with van der Waals surface area (Å²) in [6.07, 6.45) is 0. The van der Waals surface area contributed by atoms with Crippen molar-refractivity contribution < 1.29 is 9.53 Å². The quantitative estimate of drug-likeness (QED) is 0.754. The summed E-state index contributed by atoms with van der Waals surface area (Å²) < 4.78 is 4.56. The first kappa shape index (κ1) is 12.3. The average Bonchev–Trinajstić information content (AvgIpc) is 2.16. The zero-order valence-corrected chi connectivity index (χ0v) is 10.2. The second-order valence-corrected chi connectivity index (χ2v) is 4.15. The number of hydrogen-bond donors (Lipinski definition) is 0. The van der Waals surface area contributed by atoms with E-state index in [9.17, 15) is 4.79 Å². The minimum atomic E-state index is -0.557. The van der Waals surface area contributed by atoms with Gasteiger partial charge in [-0.1, -0.05) is 37.0 Å². The molecule has 0 aliphatic heterocycles. The topological polar surface area (TPSA) is 39.2 Å². The summed E-state index contributed by atoms with van der Waals surface area (Å²) in [5.74, 6) is -0.434. The molecule has 0 fully saturated rings. The minimum Gasteiger partial charge on any atom is -0.464 e. The lowest BCUT2D eigenvalue weighted by Gasteiger charge is -2.09. The van der Waals surface area contributed by atoms with Crippen LogP contribution in [-0.2, 0) is 4.74 Å². The smallest absolute Gasteiger partial charge is 0.358 e. The highest BCUT2D eigenvalue weighted by Crippen LogP contribution is 2.27. The molecule has 1 rings (SSSR count). The van der Waals surface area contributed by atoms with Crippen LogP contribution in [0.5, 0.6) is 0 Å². The zero-order chi connectivity index (χ0) is 11.6. The predicted octanol–water partition coefficient (Wildman–Crippen LogP) is 3.30. The number of hydrogen-bond acceptors (Lipinski definition) is 3. The fraction of sp³-hybridized carbons (Fsp3) is 0.400. The monoisotopic (exact) mass is 247 g/mol. The van der Waals surface area contributed by atoms with E-state index >= 15 is 0 Å². The molecular formula is C10H11Cl2NO2. The van der Waals surface area contributed by atoms with E-state index in [1.165, 1.54) is 13.2 Å². The molecule has 1 aromatic heterocycles. The van der Waals surface area contributed by atoms with Crippen molar-refractivity contribution in [1.29, 1.82) is 0 Å². The number of nitrogens with zero attached hydrogens (tertiary/aromatic N) is 1. The van der Waals surface area contributed by atoms with Gasteiger partial charge >= 0.3 is 5.97 Å². The molecule has 82 valence electrons. The number of carbonyl (C=O) groups is 1. The Morgan fingerprint density at radius 3 is 2.47 bits per heavy atom. The van der Waals surface area contributed by atoms with E-state index in [2.05, 4.69) is 9.72 Å². The summed E-state index contributed by atoms with van der Waals surface area (Å²) in [6.45, 7) is 3.87. The highest BCUT2D eigenvalue weighted by Gasteiger charge is 2.17. The second kappa shape index (κ2) is 4.81. The molecule has 0 saturated heterocycles. The molecule has 0 radical (unpaired) electrons. The molecule has 3 nitrogen and oxygen atoms in total. The molecule has 0 unspecified atom stereocenters. The molecule has 0 aromatic carbocycles. The van der Waals surface area contributed by atoms with Crippen molar-refractivity contribution in [3.05, 3.63) is 27.5 Å². The molecule has 0 bridgehead atoms. The van der Waals surface area contributed by atoms with Crippen molar-refractivity contribution in [3.63, 3.8) is 0 Å². The Balaban J connectivity index is 3.29. The SMILES string of the molecule is COC(=O)c1nc(C(C)C)c(Cl)cc1Cl. The zero-order valence-electron chi connectivity index (χ0n) is 8.67. The Kier molecular flexibility index (Phi) is 3.94. The Labute approximate surface area is 98.4 Å². The van der Waals surface area contributed by atoms with Crippen LogP contribution in [-0.4, -0.2) is 18.1 Å². The van der Waals surface area contributed by atoms with Crippen molar-refractivity contribution in [2.75, 3.05) is 7.11 Å². The molecule has 0 saturated carbocycles. The molecule has 0 atom stereocenters. The number of aromatic nitrogens is 1. The lowest BCUT2D eigenvalue weighted by molar-refractivity contribution is 0.0594. The first-order valence-corrected chi connectivity index (χ1v) is 5.17. The second-order valence-electron chi connectivity index (χ2n) is 3.33. The van der Waals surface area contributed by atoms with Crippen LogP contribution in [0.2, 0.25) is 10.0 Å². The van der Waals surface area contributed by atoms with E-state index in [1.807, 2.05) is 13.8 Å². The molecular weight excluding hydrogens is 237 g/mol. The highest BCUT2D eigenvalue weighted by molar-refractivity contribution is 6.36. The summed E-state index contributed by atoms with van der Waals surface area (Å²) >= 11 is 11.8. The van der Waals surface area contributed by atoms with Gasteiger partial charge in [-0.05, 0) is 12.0 Å². The van der Waals surface area contributed by atoms with Crippen LogP contribution in [0.4, 0.5) is 0 Å². The number of methoxy groups -OCH3 is 1. The number of ether oxygens (including phenoxy) is 1. The normalized spacial score (nSPS) is 10.5. The van der Waals surface area contributed by atoms with Gasteiger partial charge in [0.1, 0.15) is 0 Å². The van der Waals surface area contributed by atoms with Gasteiger partial charge in [0.15, 0.2) is 5.69 Å². The minimum absolute atomic E-state index is 0.104. The van der Waals surface area contributed by atoms with E-state index in [4.69, 9.17) is 23.2 Å². The largest absolute Gasteiger partial charge is 0.464 e. The van der Waals surface area contributed by atoms with Crippen LogP contribution in [0.3, 0.4) is 0 Å². The van der Waals surface area contributed by atoms with E-state index in [-0.39, 0.29) is 16.6 Å². The summed E-state index contributed by atoms with van der Waals surface area (Å²) in [7, 11) is 1.28. The van der Waals surface area contributed by atoms with Crippen LogP contribution < -0.4 is 0 Å². The third kappa shape index (κ3) is 2.61. The Morgan fingerprint density at radius 1 is 1.40 bits per heavy atom. The summed E-state index contributed by atoms with van der Waals surface area (Å²) in [5.41, 5.74) is 0.744.